The van der Waals surface area contributed by atoms with E-state index in [1.807, 2.05) is 0 Å². The highest BCUT2D eigenvalue weighted by molar-refractivity contribution is 9.12. The third kappa shape index (κ3) is 2.77. The summed E-state index contributed by atoms with van der Waals surface area (Å²) in [7, 11) is 0. The molecule has 74 valence electrons. The van der Waals surface area contributed by atoms with Gasteiger partial charge in [-0.1, -0.05) is 39.0 Å². The monoisotopic (exact) mass is 325 g/mol. The zero-order valence-electron chi connectivity index (χ0n) is 8.19. The number of aromatic nitrogens is 1. The molecule has 13 heavy (non-hydrogen) atoms. The van der Waals surface area contributed by atoms with Gasteiger partial charge in [-0.25, -0.2) is 4.98 Å². The Hall–Kier alpha value is 0.590. The second kappa shape index (κ2) is 3.99. The fourth-order valence-electron chi connectivity index (χ4n) is 0.965. The van der Waals surface area contributed by atoms with Crippen LogP contribution in [0.25, 0.3) is 0 Å². The van der Waals surface area contributed by atoms with E-state index in [-0.39, 0.29) is 5.41 Å². The Balaban J connectivity index is 3.01. The summed E-state index contributed by atoms with van der Waals surface area (Å²) in [5, 5.41) is 0. The van der Waals surface area contributed by atoms with Crippen LogP contribution in [-0.2, 0) is 0 Å². The smallest absolute Gasteiger partial charge is 0.160 e. The molecule has 0 aliphatic heterocycles. The van der Waals surface area contributed by atoms with Gasteiger partial charge in [-0.15, -0.1) is 0 Å². The number of halogens is 2. The molecular weight excluding hydrogens is 314 g/mol. The van der Waals surface area contributed by atoms with Gasteiger partial charge in [0.05, 0.1) is 9.48 Å². The standard InChI is InChI=1S/C9H13Br2NS/c1-5(9(2,3)4)6-7(10)13-8(11)12-6/h5H,1-4H3. The first-order chi connectivity index (χ1) is 5.82. The topological polar surface area (TPSA) is 12.9 Å². The van der Waals surface area contributed by atoms with Crippen LogP contribution in [0.2, 0.25) is 0 Å². The summed E-state index contributed by atoms with van der Waals surface area (Å²) >= 11 is 8.57. The summed E-state index contributed by atoms with van der Waals surface area (Å²) in [5.41, 5.74) is 1.42. The zero-order chi connectivity index (χ0) is 10.2. The molecule has 0 radical (unpaired) electrons. The van der Waals surface area contributed by atoms with E-state index >= 15 is 0 Å². The number of thiazole rings is 1. The maximum Gasteiger partial charge on any atom is 0.160 e. The minimum absolute atomic E-state index is 0.260. The van der Waals surface area contributed by atoms with Crippen LogP contribution in [0.5, 0.6) is 0 Å². The highest BCUT2D eigenvalue weighted by Gasteiger charge is 2.26. The van der Waals surface area contributed by atoms with Crippen LogP contribution >= 0.6 is 43.2 Å². The second-order valence-corrected chi connectivity index (χ2v) is 7.81. The van der Waals surface area contributed by atoms with Gasteiger partial charge in [0.2, 0.25) is 0 Å². The first-order valence-electron chi connectivity index (χ1n) is 4.14. The lowest BCUT2D eigenvalue weighted by atomic mass is 9.80. The normalized spacial score (nSPS) is 14.6. The number of rotatable bonds is 1. The third-order valence-corrected chi connectivity index (χ3v) is 4.50. The Morgan fingerprint density at radius 3 is 2.15 bits per heavy atom. The lowest BCUT2D eigenvalue weighted by Gasteiger charge is -2.25. The van der Waals surface area contributed by atoms with Crippen LogP contribution in [0.1, 0.15) is 39.3 Å². The van der Waals surface area contributed by atoms with Gasteiger partial charge >= 0.3 is 0 Å². The first kappa shape index (κ1) is 11.7. The van der Waals surface area contributed by atoms with Crippen molar-refractivity contribution >= 4 is 43.2 Å². The quantitative estimate of drug-likeness (QED) is 0.721. The second-order valence-electron chi connectivity index (χ2n) is 4.21. The SMILES string of the molecule is CC(c1nc(Br)sc1Br)C(C)(C)C. The van der Waals surface area contributed by atoms with Gasteiger partial charge in [0, 0.05) is 5.92 Å². The van der Waals surface area contributed by atoms with E-state index in [1.54, 1.807) is 11.3 Å². The fraction of sp³-hybridized carbons (Fsp3) is 0.667. The molecule has 1 atom stereocenters. The van der Waals surface area contributed by atoms with E-state index in [2.05, 4.69) is 64.5 Å². The Morgan fingerprint density at radius 2 is 1.85 bits per heavy atom. The van der Waals surface area contributed by atoms with Crippen molar-refractivity contribution in [1.29, 1.82) is 0 Å². The molecule has 0 spiro atoms. The van der Waals surface area contributed by atoms with E-state index in [0.717, 1.165) is 13.4 Å². The lowest BCUT2D eigenvalue weighted by Crippen LogP contribution is -2.15. The molecule has 0 aliphatic rings. The first-order valence-corrected chi connectivity index (χ1v) is 6.54. The molecule has 0 saturated carbocycles. The van der Waals surface area contributed by atoms with Crippen LogP contribution in [0.3, 0.4) is 0 Å². The number of hydrogen-bond acceptors (Lipinski definition) is 2. The van der Waals surface area contributed by atoms with E-state index in [4.69, 9.17) is 0 Å². The molecule has 0 saturated heterocycles. The predicted octanol–water partition coefficient (Wildman–Crippen LogP) is 4.82. The summed E-state index contributed by atoms with van der Waals surface area (Å²) < 4.78 is 2.09. The molecule has 0 amide bonds. The van der Waals surface area contributed by atoms with Gasteiger partial charge < -0.3 is 0 Å². The highest BCUT2D eigenvalue weighted by atomic mass is 79.9. The van der Waals surface area contributed by atoms with Crippen LogP contribution in [0, 0.1) is 5.41 Å². The maximum atomic E-state index is 4.46. The van der Waals surface area contributed by atoms with Gasteiger partial charge in [-0.05, 0) is 37.3 Å². The molecule has 1 unspecified atom stereocenters. The minimum Gasteiger partial charge on any atom is -0.233 e. The zero-order valence-corrected chi connectivity index (χ0v) is 12.2. The molecular formula is C9H13Br2NS. The van der Waals surface area contributed by atoms with Gasteiger partial charge in [0.15, 0.2) is 3.92 Å². The predicted molar refractivity (Wildman–Crippen MR) is 65.4 cm³/mol. The molecule has 1 nitrogen and oxygen atoms in total. The molecule has 1 heterocycles. The van der Waals surface area contributed by atoms with Crippen molar-refractivity contribution in [3.8, 4) is 0 Å². The molecule has 1 rings (SSSR count). The summed E-state index contributed by atoms with van der Waals surface area (Å²) in [4.78, 5) is 4.46. The largest absolute Gasteiger partial charge is 0.233 e. The maximum absolute atomic E-state index is 4.46. The van der Waals surface area contributed by atoms with Crippen LogP contribution in [0.15, 0.2) is 7.70 Å². The Labute approximate surface area is 100 Å². The summed E-state index contributed by atoms with van der Waals surface area (Å²) in [6, 6.07) is 0. The van der Waals surface area contributed by atoms with Gasteiger partial charge in [-0.2, -0.15) is 0 Å². The van der Waals surface area contributed by atoms with Crippen molar-refractivity contribution in [2.24, 2.45) is 5.41 Å². The van der Waals surface area contributed by atoms with Crippen LogP contribution in [-0.4, -0.2) is 4.98 Å². The van der Waals surface area contributed by atoms with E-state index in [0.29, 0.717) is 5.92 Å². The number of nitrogens with zero attached hydrogens (tertiary/aromatic N) is 1. The minimum atomic E-state index is 0.260. The van der Waals surface area contributed by atoms with Crippen molar-refractivity contribution in [1.82, 2.24) is 4.98 Å². The van der Waals surface area contributed by atoms with E-state index < -0.39 is 0 Å². The average molecular weight is 327 g/mol. The van der Waals surface area contributed by atoms with Crippen molar-refractivity contribution < 1.29 is 0 Å². The molecule has 0 fully saturated rings. The number of hydrogen-bond donors (Lipinski definition) is 0. The van der Waals surface area contributed by atoms with E-state index in [9.17, 15) is 0 Å². The van der Waals surface area contributed by atoms with Crippen LogP contribution in [0.4, 0.5) is 0 Å². The van der Waals surface area contributed by atoms with Gasteiger partial charge in [0.1, 0.15) is 0 Å². The molecule has 4 heteroatoms. The molecule has 1 aromatic heterocycles. The van der Waals surface area contributed by atoms with Crippen LogP contribution < -0.4 is 0 Å². The molecule has 1 aromatic rings. The molecule has 0 bridgehead atoms. The average Bonchev–Trinajstić information content (AvgIpc) is 2.26. The summed E-state index contributed by atoms with van der Waals surface area (Å²) in [6.07, 6.45) is 0. The summed E-state index contributed by atoms with van der Waals surface area (Å²) in [5.74, 6) is 0.462. The summed E-state index contributed by atoms with van der Waals surface area (Å²) in [6.45, 7) is 8.92. The molecule has 0 N–H and O–H groups in total. The Morgan fingerprint density at radius 1 is 1.31 bits per heavy atom. The van der Waals surface area contributed by atoms with Crippen molar-refractivity contribution in [3.63, 3.8) is 0 Å². The van der Waals surface area contributed by atoms with Crippen molar-refractivity contribution in [2.45, 2.75) is 33.6 Å². The van der Waals surface area contributed by atoms with Gasteiger partial charge in [0.25, 0.3) is 0 Å². The van der Waals surface area contributed by atoms with Crippen molar-refractivity contribution in [2.75, 3.05) is 0 Å². The molecule has 0 aliphatic carbocycles. The van der Waals surface area contributed by atoms with E-state index in [1.165, 1.54) is 0 Å². The Kier molecular flexibility index (Phi) is 3.58. The lowest BCUT2D eigenvalue weighted by molar-refractivity contribution is 0.334. The van der Waals surface area contributed by atoms with Gasteiger partial charge in [-0.3, -0.25) is 0 Å². The van der Waals surface area contributed by atoms with Crippen molar-refractivity contribution in [3.05, 3.63) is 13.4 Å². The Bertz CT molecular complexity index is 301. The fourth-order valence-corrected chi connectivity index (χ4v) is 3.80. The third-order valence-electron chi connectivity index (χ3n) is 2.29. The molecule has 0 aromatic carbocycles. The highest BCUT2D eigenvalue weighted by Crippen LogP contribution is 2.40.